The van der Waals surface area contributed by atoms with Crippen LogP contribution in [0, 0.1) is 5.41 Å². The first-order valence-electron chi connectivity index (χ1n) is 8.86. The van der Waals surface area contributed by atoms with Gasteiger partial charge in [0.1, 0.15) is 0 Å². The van der Waals surface area contributed by atoms with Crippen molar-refractivity contribution in [1.29, 1.82) is 0 Å². The van der Waals surface area contributed by atoms with Gasteiger partial charge in [0.15, 0.2) is 0 Å². The zero-order valence-electron chi connectivity index (χ0n) is 13.1. The molecule has 114 valence electrons. The van der Waals surface area contributed by atoms with Gasteiger partial charge in [0, 0.05) is 25.6 Å². The molecule has 1 aromatic rings. The summed E-state index contributed by atoms with van der Waals surface area (Å²) >= 11 is 0. The second-order valence-corrected chi connectivity index (χ2v) is 7.53. The fraction of sp³-hybridized carbons (Fsp3) is 0.684. The first-order chi connectivity index (χ1) is 10.3. The quantitative estimate of drug-likeness (QED) is 0.894. The van der Waals surface area contributed by atoms with Gasteiger partial charge in [-0.3, -0.25) is 0 Å². The number of hydrogen-bond donors (Lipinski definition) is 1. The molecule has 3 aliphatic rings. The summed E-state index contributed by atoms with van der Waals surface area (Å²) in [7, 11) is 0. The highest BCUT2D eigenvalue weighted by atomic mass is 15.1. The maximum Gasteiger partial charge on any atom is 0.0208 e. The Labute approximate surface area is 128 Å². The van der Waals surface area contributed by atoms with Crippen LogP contribution in [0.15, 0.2) is 24.3 Å². The van der Waals surface area contributed by atoms with Crippen molar-refractivity contribution in [3.63, 3.8) is 0 Å². The van der Waals surface area contributed by atoms with Gasteiger partial charge in [-0.1, -0.05) is 37.1 Å². The SMILES string of the molecule is c1ccc2c(c1)CNCC2CN1CCC2(CCCC2)CC1. The van der Waals surface area contributed by atoms with Crippen molar-refractivity contribution < 1.29 is 0 Å². The van der Waals surface area contributed by atoms with Crippen molar-refractivity contribution in [3.8, 4) is 0 Å². The molecule has 0 amide bonds. The normalized spacial score (nSPS) is 28.7. The molecule has 1 unspecified atom stereocenters. The van der Waals surface area contributed by atoms with Crippen molar-refractivity contribution in [2.45, 2.75) is 51.0 Å². The van der Waals surface area contributed by atoms with E-state index < -0.39 is 0 Å². The number of rotatable bonds is 2. The molecule has 2 nitrogen and oxygen atoms in total. The lowest BCUT2D eigenvalue weighted by atomic mass is 9.77. The van der Waals surface area contributed by atoms with Crippen LogP contribution in [0.3, 0.4) is 0 Å². The molecule has 2 aliphatic heterocycles. The van der Waals surface area contributed by atoms with Crippen LogP contribution in [0.2, 0.25) is 0 Å². The predicted octanol–water partition coefficient (Wildman–Crippen LogP) is 3.53. The molecule has 4 rings (SSSR count). The number of nitrogens with one attached hydrogen (secondary N) is 1. The molecule has 1 N–H and O–H groups in total. The highest BCUT2D eigenvalue weighted by Crippen LogP contribution is 2.46. The van der Waals surface area contributed by atoms with E-state index >= 15 is 0 Å². The summed E-state index contributed by atoms with van der Waals surface area (Å²) in [6.07, 6.45) is 8.90. The van der Waals surface area contributed by atoms with Crippen LogP contribution in [-0.4, -0.2) is 31.1 Å². The molecular weight excluding hydrogens is 256 g/mol. The second kappa shape index (κ2) is 5.73. The maximum absolute atomic E-state index is 3.60. The van der Waals surface area contributed by atoms with E-state index in [1.54, 1.807) is 5.56 Å². The highest BCUT2D eigenvalue weighted by Gasteiger charge is 2.37. The fourth-order valence-electron chi connectivity index (χ4n) is 4.89. The summed E-state index contributed by atoms with van der Waals surface area (Å²) in [5, 5.41) is 3.60. The summed E-state index contributed by atoms with van der Waals surface area (Å²) in [5.41, 5.74) is 3.86. The third kappa shape index (κ3) is 2.76. The van der Waals surface area contributed by atoms with E-state index in [0.29, 0.717) is 5.92 Å². The molecule has 1 saturated heterocycles. The molecule has 1 saturated carbocycles. The Morgan fingerprint density at radius 1 is 1.05 bits per heavy atom. The van der Waals surface area contributed by atoms with Gasteiger partial charge in [-0.15, -0.1) is 0 Å². The molecule has 1 aromatic carbocycles. The monoisotopic (exact) mass is 284 g/mol. The molecule has 2 fully saturated rings. The Bertz CT molecular complexity index is 480. The number of piperidine rings is 1. The van der Waals surface area contributed by atoms with Gasteiger partial charge in [-0.05, 0) is 55.3 Å². The van der Waals surface area contributed by atoms with Gasteiger partial charge in [-0.25, -0.2) is 0 Å². The minimum absolute atomic E-state index is 0.688. The van der Waals surface area contributed by atoms with Crippen LogP contribution in [0.4, 0.5) is 0 Å². The van der Waals surface area contributed by atoms with Gasteiger partial charge in [0.2, 0.25) is 0 Å². The lowest BCUT2D eigenvalue weighted by Gasteiger charge is -2.41. The third-order valence-corrected chi connectivity index (χ3v) is 6.26. The van der Waals surface area contributed by atoms with Crippen LogP contribution in [0.1, 0.15) is 55.6 Å². The van der Waals surface area contributed by atoms with E-state index in [0.717, 1.165) is 18.5 Å². The summed E-state index contributed by atoms with van der Waals surface area (Å²) in [6.45, 7) is 6.12. The molecule has 0 aromatic heterocycles. The van der Waals surface area contributed by atoms with Gasteiger partial charge < -0.3 is 10.2 Å². The van der Waals surface area contributed by atoms with E-state index in [1.165, 1.54) is 63.7 Å². The first kappa shape index (κ1) is 13.8. The van der Waals surface area contributed by atoms with Gasteiger partial charge >= 0.3 is 0 Å². The summed E-state index contributed by atoms with van der Waals surface area (Å²) in [4.78, 5) is 2.73. The van der Waals surface area contributed by atoms with E-state index in [-0.39, 0.29) is 0 Å². The van der Waals surface area contributed by atoms with Crippen molar-refractivity contribution in [2.24, 2.45) is 5.41 Å². The van der Waals surface area contributed by atoms with E-state index in [2.05, 4.69) is 34.5 Å². The molecule has 0 bridgehead atoms. The molecule has 1 spiro atoms. The van der Waals surface area contributed by atoms with Crippen LogP contribution < -0.4 is 5.32 Å². The minimum atomic E-state index is 0.688. The zero-order chi connectivity index (χ0) is 14.1. The Hall–Kier alpha value is -0.860. The zero-order valence-corrected chi connectivity index (χ0v) is 13.1. The van der Waals surface area contributed by atoms with Crippen molar-refractivity contribution in [3.05, 3.63) is 35.4 Å². The molecule has 1 atom stereocenters. The van der Waals surface area contributed by atoms with Crippen LogP contribution in [-0.2, 0) is 6.54 Å². The van der Waals surface area contributed by atoms with Crippen LogP contribution in [0.5, 0.6) is 0 Å². The number of nitrogens with zero attached hydrogens (tertiary/aromatic N) is 1. The summed E-state index contributed by atoms with van der Waals surface area (Å²) in [6, 6.07) is 9.02. The molecule has 21 heavy (non-hydrogen) atoms. The topological polar surface area (TPSA) is 15.3 Å². The smallest absolute Gasteiger partial charge is 0.0208 e. The molecular formula is C19H28N2. The van der Waals surface area contributed by atoms with Gasteiger partial charge in [0.25, 0.3) is 0 Å². The Balaban J connectivity index is 1.39. The van der Waals surface area contributed by atoms with Crippen molar-refractivity contribution >= 4 is 0 Å². The predicted molar refractivity (Wildman–Crippen MR) is 87.5 cm³/mol. The van der Waals surface area contributed by atoms with E-state index in [1.807, 2.05) is 0 Å². The van der Waals surface area contributed by atoms with E-state index in [4.69, 9.17) is 0 Å². The second-order valence-electron chi connectivity index (χ2n) is 7.53. The third-order valence-electron chi connectivity index (χ3n) is 6.26. The largest absolute Gasteiger partial charge is 0.312 e. The Kier molecular flexibility index (Phi) is 3.76. The number of fused-ring (bicyclic) bond motifs is 1. The number of hydrogen-bond acceptors (Lipinski definition) is 2. The number of benzene rings is 1. The average molecular weight is 284 g/mol. The summed E-state index contributed by atoms with van der Waals surface area (Å²) in [5.74, 6) is 0.688. The highest BCUT2D eigenvalue weighted by molar-refractivity contribution is 5.32. The maximum atomic E-state index is 3.60. The molecule has 0 radical (unpaired) electrons. The van der Waals surface area contributed by atoms with Crippen LogP contribution in [0.25, 0.3) is 0 Å². The van der Waals surface area contributed by atoms with Gasteiger partial charge in [-0.2, -0.15) is 0 Å². The molecule has 1 aliphatic carbocycles. The van der Waals surface area contributed by atoms with Crippen LogP contribution >= 0.6 is 0 Å². The van der Waals surface area contributed by atoms with E-state index in [9.17, 15) is 0 Å². The Morgan fingerprint density at radius 3 is 2.62 bits per heavy atom. The standard InChI is InChI=1S/C19H28N2/c1-2-6-18-16(5-1)13-20-14-17(18)15-21-11-9-19(10-12-21)7-3-4-8-19/h1-2,5-6,17,20H,3-4,7-15H2. The average Bonchev–Trinajstić information content (AvgIpc) is 2.99. The van der Waals surface area contributed by atoms with Gasteiger partial charge in [0.05, 0.1) is 0 Å². The first-order valence-corrected chi connectivity index (χ1v) is 8.86. The van der Waals surface area contributed by atoms with Crippen molar-refractivity contribution in [2.75, 3.05) is 26.2 Å². The lowest BCUT2D eigenvalue weighted by molar-refractivity contribution is 0.103. The Morgan fingerprint density at radius 2 is 1.81 bits per heavy atom. The number of likely N-dealkylation sites (tertiary alicyclic amines) is 1. The minimum Gasteiger partial charge on any atom is -0.312 e. The molecule has 2 heteroatoms. The molecule has 2 heterocycles. The summed E-state index contributed by atoms with van der Waals surface area (Å²) < 4.78 is 0. The lowest BCUT2D eigenvalue weighted by Crippen LogP contribution is -2.43. The fourth-order valence-corrected chi connectivity index (χ4v) is 4.89. The van der Waals surface area contributed by atoms with Crippen molar-refractivity contribution in [1.82, 2.24) is 10.2 Å².